The van der Waals surface area contributed by atoms with Gasteiger partial charge in [-0.15, -0.1) is 0 Å². The number of aliphatic carboxylic acids is 1. The number of pyridine rings is 1. The van der Waals surface area contributed by atoms with Crippen LogP contribution in [0.25, 0.3) is 12.2 Å². The zero-order valence-corrected chi connectivity index (χ0v) is 13.3. The van der Waals surface area contributed by atoms with E-state index in [1.54, 1.807) is 19.3 Å². The molecule has 1 heterocycles. The van der Waals surface area contributed by atoms with Crippen LogP contribution in [0, 0.1) is 0 Å². The highest BCUT2D eigenvalue weighted by atomic mass is 16.5. The Bertz CT molecular complexity index is 785. The summed E-state index contributed by atoms with van der Waals surface area (Å²) in [4.78, 5) is 23.4. The fourth-order valence-corrected chi connectivity index (χ4v) is 2.07. The van der Waals surface area contributed by atoms with Gasteiger partial charge in [-0.2, -0.15) is 0 Å². The summed E-state index contributed by atoms with van der Waals surface area (Å²) in [6.07, 6.45) is 5.19. The van der Waals surface area contributed by atoms with Crippen LogP contribution in [0.1, 0.15) is 25.0 Å². The van der Waals surface area contributed by atoms with E-state index >= 15 is 0 Å². The third kappa shape index (κ3) is 3.69. The van der Waals surface area contributed by atoms with E-state index in [0.717, 1.165) is 11.3 Å². The van der Waals surface area contributed by atoms with Gasteiger partial charge in [0.1, 0.15) is 11.3 Å². The van der Waals surface area contributed by atoms with E-state index in [2.05, 4.69) is 0 Å². The van der Waals surface area contributed by atoms with Crippen molar-refractivity contribution >= 4 is 18.1 Å². The van der Waals surface area contributed by atoms with Crippen LogP contribution in [0.5, 0.6) is 5.75 Å². The quantitative estimate of drug-likeness (QED) is 0.921. The molecule has 0 saturated heterocycles. The third-order valence-electron chi connectivity index (χ3n) is 3.65. The summed E-state index contributed by atoms with van der Waals surface area (Å²) in [6, 6.07) is 10.7. The van der Waals surface area contributed by atoms with Crippen molar-refractivity contribution < 1.29 is 14.6 Å². The van der Waals surface area contributed by atoms with Crippen LogP contribution >= 0.6 is 0 Å². The molecule has 2 aromatic rings. The lowest BCUT2D eigenvalue weighted by Gasteiger charge is -2.22. The number of hydrogen-bond donors (Lipinski definition) is 1. The Morgan fingerprint density at radius 1 is 1.13 bits per heavy atom. The molecule has 1 aromatic carbocycles. The Morgan fingerprint density at radius 2 is 1.74 bits per heavy atom. The van der Waals surface area contributed by atoms with Crippen molar-refractivity contribution in [3.8, 4) is 5.75 Å². The summed E-state index contributed by atoms with van der Waals surface area (Å²) in [7, 11) is 1.61. The molecule has 1 aromatic heterocycles. The molecule has 1 N–H and O–H groups in total. The fraction of sp³-hybridized carbons (Fsp3) is 0.222. The Kier molecular flexibility index (Phi) is 4.69. The molecule has 0 bridgehead atoms. The van der Waals surface area contributed by atoms with Gasteiger partial charge in [0.2, 0.25) is 0 Å². The van der Waals surface area contributed by atoms with Gasteiger partial charge >= 0.3 is 5.97 Å². The first-order valence-electron chi connectivity index (χ1n) is 7.13. The summed E-state index contributed by atoms with van der Waals surface area (Å²) < 4.78 is 6.30. The molecule has 0 radical (unpaired) electrons. The Labute approximate surface area is 134 Å². The van der Waals surface area contributed by atoms with Gasteiger partial charge in [0.25, 0.3) is 5.56 Å². The van der Waals surface area contributed by atoms with E-state index in [9.17, 15) is 14.7 Å². The highest BCUT2D eigenvalue weighted by Crippen LogP contribution is 2.15. The number of carboxylic acid groups (broad SMARTS) is 1. The van der Waals surface area contributed by atoms with Crippen molar-refractivity contribution in [2.24, 2.45) is 0 Å². The molecule has 0 saturated carbocycles. The number of ether oxygens (including phenoxy) is 1. The van der Waals surface area contributed by atoms with Gasteiger partial charge in [0.05, 0.1) is 7.11 Å². The molecule has 2 rings (SSSR count). The van der Waals surface area contributed by atoms with E-state index in [1.165, 1.54) is 30.7 Å². The largest absolute Gasteiger partial charge is 0.497 e. The molecule has 0 spiro atoms. The number of nitrogens with zero attached hydrogens (tertiary/aromatic N) is 1. The number of methoxy groups -OCH3 is 1. The van der Waals surface area contributed by atoms with Gasteiger partial charge in [-0.05, 0) is 43.2 Å². The van der Waals surface area contributed by atoms with Crippen LogP contribution in [0.4, 0.5) is 0 Å². The van der Waals surface area contributed by atoms with E-state index in [-0.39, 0.29) is 5.56 Å². The molecule has 0 fully saturated rings. The topological polar surface area (TPSA) is 68.5 Å². The first-order chi connectivity index (χ1) is 10.8. The summed E-state index contributed by atoms with van der Waals surface area (Å²) in [6.45, 7) is 2.98. The molecule has 23 heavy (non-hydrogen) atoms. The van der Waals surface area contributed by atoms with Crippen molar-refractivity contribution in [3.63, 3.8) is 0 Å². The minimum atomic E-state index is -1.28. The van der Waals surface area contributed by atoms with Crippen LogP contribution in [-0.4, -0.2) is 22.8 Å². The first-order valence-corrected chi connectivity index (χ1v) is 7.13. The molecule has 120 valence electrons. The Morgan fingerprint density at radius 3 is 2.26 bits per heavy atom. The maximum Gasteiger partial charge on any atom is 0.329 e. The van der Waals surface area contributed by atoms with Crippen molar-refractivity contribution in [2.75, 3.05) is 7.11 Å². The zero-order valence-electron chi connectivity index (χ0n) is 13.3. The number of aromatic nitrogens is 1. The summed E-state index contributed by atoms with van der Waals surface area (Å²) in [5.74, 6) is -0.276. The van der Waals surface area contributed by atoms with E-state index in [1.807, 2.05) is 30.3 Å². The minimum Gasteiger partial charge on any atom is -0.497 e. The highest BCUT2D eigenvalue weighted by Gasteiger charge is 2.29. The second kappa shape index (κ2) is 6.52. The Balaban J connectivity index is 2.25. The van der Waals surface area contributed by atoms with E-state index in [0.29, 0.717) is 5.56 Å². The predicted molar refractivity (Wildman–Crippen MR) is 89.6 cm³/mol. The normalized spacial score (nSPS) is 11.6. The van der Waals surface area contributed by atoms with Crippen molar-refractivity contribution in [1.82, 2.24) is 4.57 Å². The van der Waals surface area contributed by atoms with Crippen molar-refractivity contribution in [3.05, 3.63) is 64.1 Å². The number of carboxylic acids is 1. The molecule has 0 amide bonds. The molecule has 0 unspecified atom stereocenters. The fourth-order valence-electron chi connectivity index (χ4n) is 2.07. The van der Waals surface area contributed by atoms with Gasteiger partial charge in [0.15, 0.2) is 0 Å². The summed E-state index contributed by atoms with van der Waals surface area (Å²) in [5.41, 5.74) is 0.0494. The predicted octanol–water partition coefficient (Wildman–Crippen LogP) is 2.85. The molecule has 5 nitrogen and oxygen atoms in total. The maximum atomic E-state index is 12.1. The molecule has 0 aliphatic rings. The van der Waals surface area contributed by atoms with Crippen LogP contribution in [0.3, 0.4) is 0 Å². The van der Waals surface area contributed by atoms with Crippen LogP contribution in [0.15, 0.2) is 47.4 Å². The Hall–Kier alpha value is -2.82. The van der Waals surface area contributed by atoms with Gasteiger partial charge in [-0.25, -0.2) is 4.79 Å². The third-order valence-corrected chi connectivity index (χ3v) is 3.65. The average Bonchev–Trinajstić information content (AvgIpc) is 2.53. The molecule has 5 heteroatoms. The molecular formula is C18H19NO4. The highest BCUT2D eigenvalue weighted by molar-refractivity contribution is 5.76. The number of benzene rings is 1. The minimum absolute atomic E-state index is 0.353. The first kappa shape index (κ1) is 16.5. The second-order valence-electron chi connectivity index (χ2n) is 5.64. The van der Waals surface area contributed by atoms with Gasteiger partial charge in [-0.3, -0.25) is 9.36 Å². The van der Waals surface area contributed by atoms with E-state index < -0.39 is 11.5 Å². The number of hydrogen-bond acceptors (Lipinski definition) is 3. The lowest BCUT2D eigenvalue weighted by molar-refractivity contribution is -0.145. The number of carbonyl (C=O) groups is 1. The lowest BCUT2D eigenvalue weighted by atomic mass is 10.1. The zero-order chi connectivity index (χ0) is 17.0. The lowest BCUT2D eigenvalue weighted by Crippen LogP contribution is -2.42. The maximum absolute atomic E-state index is 12.1. The number of rotatable bonds is 5. The van der Waals surface area contributed by atoms with Gasteiger partial charge < -0.3 is 9.84 Å². The average molecular weight is 313 g/mol. The van der Waals surface area contributed by atoms with Gasteiger partial charge in [-0.1, -0.05) is 24.3 Å². The van der Waals surface area contributed by atoms with Crippen LogP contribution < -0.4 is 10.3 Å². The molecule has 0 aliphatic heterocycles. The second-order valence-corrected chi connectivity index (χ2v) is 5.64. The smallest absolute Gasteiger partial charge is 0.329 e. The molecular weight excluding hydrogens is 294 g/mol. The van der Waals surface area contributed by atoms with E-state index in [4.69, 9.17) is 4.74 Å². The van der Waals surface area contributed by atoms with Crippen molar-refractivity contribution in [2.45, 2.75) is 19.4 Å². The SMILES string of the molecule is COc1ccc(/C=C/c2ccn(C(C)(C)C(=O)O)c(=O)c2)cc1. The molecule has 0 aliphatic carbocycles. The van der Waals surface area contributed by atoms with Crippen LogP contribution in [0.2, 0.25) is 0 Å². The molecule has 0 atom stereocenters. The van der Waals surface area contributed by atoms with Crippen molar-refractivity contribution in [1.29, 1.82) is 0 Å². The van der Waals surface area contributed by atoms with Gasteiger partial charge in [0, 0.05) is 12.3 Å². The standard InChI is InChI=1S/C18H19NO4/c1-18(2,17(21)22)19-11-10-14(12-16(19)20)5-4-13-6-8-15(23-3)9-7-13/h4-12H,1-3H3,(H,21,22)/b5-4+. The summed E-state index contributed by atoms with van der Waals surface area (Å²) >= 11 is 0. The summed E-state index contributed by atoms with van der Waals surface area (Å²) in [5, 5.41) is 9.20. The van der Waals surface area contributed by atoms with Crippen LogP contribution in [-0.2, 0) is 10.3 Å². The monoisotopic (exact) mass is 313 g/mol.